The highest BCUT2D eigenvalue weighted by Crippen LogP contribution is 2.37. The monoisotopic (exact) mass is 320 g/mol. The van der Waals surface area contributed by atoms with E-state index in [4.69, 9.17) is 11.6 Å². The molecule has 0 aromatic heterocycles. The van der Waals surface area contributed by atoms with Gasteiger partial charge >= 0.3 is 6.18 Å². The smallest absolute Gasteiger partial charge is 0.369 e. The quantitative estimate of drug-likeness (QED) is 0.817. The average molecular weight is 321 g/mol. The zero-order valence-corrected chi connectivity index (χ0v) is 12.8. The summed E-state index contributed by atoms with van der Waals surface area (Å²) in [6.45, 7) is 6.51. The van der Waals surface area contributed by atoms with Gasteiger partial charge in [-0.3, -0.25) is 4.90 Å². The first-order chi connectivity index (χ1) is 9.91. The molecule has 0 N–H and O–H groups in total. The lowest BCUT2D eigenvalue weighted by Crippen LogP contribution is -2.46. The lowest BCUT2D eigenvalue weighted by molar-refractivity contribution is -0.137. The van der Waals surface area contributed by atoms with Crippen molar-refractivity contribution < 1.29 is 13.2 Å². The van der Waals surface area contributed by atoms with Crippen molar-refractivity contribution in [2.45, 2.75) is 25.9 Å². The summed E-state index contributed by atoms with van der Waals surface area (Å²) in [5.41, 5.74) is -0.156. The summed E-state index contributed by atoms with van der Waals surface area (Å²) in [5.74, 6) is 0. The van der Waals surface area contributed by atoms with Crippen LogP contribution >= 0.6 is 11.6 Å². The van der Waals surface area contributed by atoms with Gasteiger partial charge in [0.2, 0.25) is 0 Å². The van der Waals surface area contributed by atoms with Gasteiger partial charge in [-0.1, -0.05) is 24.9 Å². The van der Waals surface area contributed by atoms with Crippen LogP contribution in [0.3, 0.4) is 0 Å². The number of hydrogen-bond acceptors (Lipinski definition) is 2. The van der Waals surface area contributed by atoms with Gasteiger partial charge in [-0.25, -0.2) is 0 Å². The van der Waals surface area contributed by atoms with E-state index in [9.17, 15) is 13.2 Å². The zero-order valence-electron chi connectivity index (χ0n) is 12.1. The molecule has 0 bridgehead atoms. The minimum absolute atomic E-state index is 0.243. The fraction of sp³-hybridized carbons (Fsp3) is 0.600. The molecule has 1 aromatic carbocycles. The van der Waals surface area contributed by atoms with Crippen LogP contribution in [0.5, 0.6) is 0 Å². The summed E-state index contributed by atoms with van der Waals surface area (Å²) in [6.07, 6.45) is -2.08. The zero-order chi connectivity index (χ0) is 15.5. The molecular formula is C15H20ClF3N2. The second-order valence-electron chi connectivity index (χ2n) is 5.34. The molecule has 2 nitrogen and oxygen atoms in total. The number of nitrogens with zero attached hydrogens (tertiary/aromatic N) is 2. The van der Waals surface area contributed by atoms with Gasteiger partial charge < -0.3 is 4.90 Å². The molecule has 0 unspecified atom stereocenters. The first-order valence-electron chi connectivity index (χ1n) is 7.26. The van der Waals surface area contributed by atoms with E-state index in [-0.39, 0.29) is 5.02 Å². The molecule has 0 radical (unpaired) electrons. The molecule has 0 spiro atoms. The van der Waals surface area contributed by atoms with Crippen molar-refractivity contribution in [3.05, 3.63) is 28.8 Å². The average Bonchev–Trinajstić information content (AvgIpc) is 2.45. The second-order valence-corrected chi connectivity index (χ2v) is 5.75. The summed E-state index contributed by atoms with van der Waals surface area (Å²) in [6, 6.07) is 4.16. The van der Waals surface area contributed by atoms with Crippen LogP contribution in [0.1, 0.15) is 25.3 Å². The summed E-state index contributed by atoms with van der Waals surface area (Å²) in [7, 11) is 0. The summed E-state index contributed by atoms with van der Waals surface area (Å²) in [5, 5.41) is -0.243. The van der Waals surface area contributed by atoms with Crippen molar-refractivity contribution in [1.29, 1.82) is 0 Å². The fourth-order valence-electron chi connectivity index (χ4n) is 2.54. The minimum Gasteiger partial charge on any atom is -0.369 e. The molecule has 0 saturated carbocycles. The van der Waals surface area contributed by atoms with Crippen molar-refractivity contribution >= 4 is 17.3 Å². The van der Waals surface area contributed by atoms with Gasteiger partial charge in [-0.05, 0) is 31.2 Å². The third-order valence-electron chi connectivity index (χ3n) is 3.82. The van der Waals surface area contributed by atoms with Crippen LogP contribution in [-0.2, 0) is 6.18 Å². The fourth-order valence-corrected chi connectivity index (χ4v) is 2.76. The van der Waals surface area contributed by atoms with Gasteiger partial charge in [-0.2, -0.15) is 13.2 Å². The number of alkyl halides is 3. The predicted octanol–water partition coefficient (Wildman–Crippen LogP) is 4.28. The number of benzene rings is 1. The van der Waals surface area contributed by atoms with Gasteiger partial charge in [0, 0.05) is 31.9 Å². The van der Waals surface area contributed by atoms with E-state index in [0.29, 0.717) is 5.69 Å². The van der Waals surface area contributed by atoms with Gasteiger partial charge in [0.25, 0.3) is 0 Å². The van der Waals surface area contributed by atoms with Crippen molar-refractivity contribution in [2.75, 3.05) is 37.6 Å². The van der Waals surface area contributed by atoms with Crippen LogP contribution in [0.4, 0.5) is 18.9 Å². The lowest BCUT2D eigenvalue weighted by atomic mass is 10.1. The number of anilines is 1. The van der Waals surface area contributed by atoms with E-state index in [1.807, 2.05) is 4.90 Å². The highest BCUT2D eigenvalue weighted by Gasteiger charge is 2.34. The predicted molar refractivity (Wildman–Crippen MR) is 80.0 cm³/mol. The second kappa shape index (κ2) is 6.88. The number of halogens is 4. The molecule has 0 atom stereocenters. The van der Waals surface area contributed by atoms with Crippen molar-refractivity contribution in [1.82, 2.24) is 4.90 Å². The van der Waals surface area contributed by atoms with E-state index < -0.39 is 11.7 Å². The lowest BCUT2D eigenvalue weighted by Gasteiger charge is -2.36. The molecule has 2 rings (SSSR count). The third-order valence-corrected chi connectivity index (χ3v) is 4.15. The Hall–Kier alpha value is -0.940. The maximum Gasteiger partial charge on any atom is 0.417 e. The van der Waals surface area contributed by atoms with Crippen LogP contribution in [0.15, 0.2) is 18.2 Å². The van der Waals surface area contributed by atoms with E-state index in [1.54, 1.807) is 6.07 Å². The Bertz CT molecular complexity index is 468. The summed E-state index contributed by atoms with van der Waals surface area (Å²) >= 11 is 5.65. The maximum absolute atomic E-state index is 12.9. The molecule has 1 aromatic rings. The largest absolute Gasteiger partial charge is 0.417 e. The van der Waals surface area contributed by atoms with Crippen LogP contribution in [0.25, 0.3) is 0 Å². The minimum atomic E-state index is -4.41. The Morgan fingerprint density at radius 3 is 2.38 bits per heavy atom. The van der Waals surface area contributed by atoms with Gasteiger partial charge in [0.05, 0.1) is 10.6 Å². The van der Waals surface area contributed by atoms with Gasteiger partial charge in [0.15, 0.2) is 0 Å². The van der Waals surface area contributed by atoms with Gasteiger partial charge in [0.1, 0.15) is 0 Å². The van der Waals surface area contributed by atoms with E-state index in [0.717, 1.165) is 45.2 Å². The molecule has 21 heavy (non-hydrogen) atoms. The molecule has 1 saturated heterocycles. The molecule has 1 aliphatic heterocycles. The molecule has 1 heterocycles. The number of unbranched alkanes of at least 4 members (excludes halogenated alkanes) is 1. The maximum atomic E-state index is 12.9. The topological polar surface area (TPSA) is 6.48 Å². The van der Waals surface area contributed by atoms with Crippen molar-refractivity contribution in [2.24, 2.45) is 0 Å². The third kappa shape index (κ3) is 4.27. The molecule has 118 valence electrons. The number of piperazine rings is 1. The Morgan fingerprint density at radius 2 is 1.81 bits per heavy atom. The standard InChI is InChI=1S/C15H20ClF3N2/c1-2-3-6-20-7-9-21(10-8-20)12-4-5-14(16)13(11-12)15(17,18)19/h4-5,11H,2-3,6-10H2,1H3. The highest BCUT2D eigenvalue weighted by atomic mass is 35.5. The van der Waals surface area contributed by atoms with Crippen molar-refractivity contribution in [3.8, 4) is 0 Å². The Kier molecular flexibility index (Phi) is 5.38. The highest BCUT2D eigenvalue weighted by molar-refractivity contribution is 6.31. The Balaban J connectivity index is 2.04. The molecule has 6 heteroatoms. The summed E-state index contributed by atoms with van der Waals surface area (Å²) in [4.78, 5) is 4.36. The van der Waals surface area contributed by atoms with Crippen LogP contribution in [-0.4, -0.2) is 37.6 Å². The van der Waals surface area contributed by atoms with E-state index >= 15 is 0 Å². The number of hydrogen-bond donors (Lipinski definition) is 0. The first kappa shape index (κ1) is 16.4. The summed E-state index contributed by atoms with van der Waals surface area (Å²) < 4.78 is 38.7. The Morgan fingerprint density at radius 1 is 1.14 bits per heavy atom. The molecular weight excluding hydrogens is 301 g/mol. The van der Waals surface area contributed by atoms with Gasteiger partial charge in [-0.15, -0.1) is 0 Å². The molecule has 0 aliphatic carbocycles. The molecule has 1 aliphatic rings. The molecule has 0 amide bonds. The van der Waals surface area contributed by atoms with E-state index in [2.05, 4.69) is 11.8 Å². The SMILES string of the molecule is CCCCN1CCN(c2ccc(Cl)c(C(F)(F)F)c2)CC1. The van der Waals surface area contributed by atoms with E-state index in [1.165, 1.54) is 12.5 Å². The molecule has 1 fully saturated rings. The van der Waals surface area contributed by atoms with Crippen LogP contribution < -0.4 is 4.90 Å². The van der Waals surface area contributed by atoms with Crippen molar-refractivity contribution in [3.63, 3.8) is 0 Å². The normalized spacial score (nSPS) is 17.3. The first-order valence-corrected chi connectivity index (χ1v) is 7.63. The van der Waals surface area contributed by atoms with Crippen LogP contribution in [0, 0.1) is 0 Å². The number of rotatable bonds is 4. The van der Waals surface area contributed by atoms with Crippen LogP contribution in [0.2, 0.25) is 5.02 Å². The Labute approximate surface area is 128 Å².